The summed E-state index contributed by atoms with van der Waals surface area (Å²) in [5.74, 6) is -4.02. The number of hydrogen-bond donors (Lipinski definition) is 7. The number of amides is 3. The molecule has 0 spiro atoms. The zero-order valence-electron chi connectivity index (χ0n) is 18.8. The maximum absolute atomic E-state index is 12.9. The lowest BCUT2D eigenvalue weighted by molar-refractivity contribution is -0.143. The number of carboxylic acids is 2. The molecule has 12 nitrogen and oxygen atoms in total. The van der Waals surface area contributed by atoms with Crippen LogP contribution in [-0.4, -0.2) is 89.1 Å². The van der Waals surface area contributed by atoms with Crippen molar-refractivity contribution in [2.24, 2.45) is 5.73 Å². The molecule has 1 rings (SSSR count). The SMILES string of the molecule is CSCCC(NC(=O)C1CCCN1)C(=O)NC(CC(=O)O)C(=O)NC(CCCCN)C(=O)O. The molecule has 1 aliphatic heterocycles. The number of carbonyl (C=O) groups excluding carboxylic acids is 3. The summed E-state index contributed by atoms with van der Waals surface area (Å²) in [4.78, 5) is 60.7. The summed E-state index contributed by atoms with van der Waals surface area (Å²) < 4.78 is 0. The molecule has 1 saturated heterocycles. The van der Waals surface area contributed by atoms with E-state index in [0.717, 1.165) is 6.42 Å². The summed E-state index contributed by atoms with van der Waals surface area (Å²) in [6.45, 7) is 1.08. The van der Waals surface area contributed by atoms with Crippen LogP contribution in [0.25, 0.3) is 0 Å². The van der Waals surface area contributed by atoms with Gasteiger partial charge in [0.05, 0.1) is 12.5 Å². The number of hydrogen-bond acceptors (Lipinski definition) is 8. The molecule has 188 valence electrons. The Morgan fingerprint density at radius 1 is 1.00 bits per heavy atom. The van der Waals surface area contributed by atoms with Gasteiger partial charge in [0, 0.05) is 0 Å². The van der Waals surface area contributed by atoms with Crippen LogP contribution in [0.2, 0.25) is 0 Å². The third-order valence-electron chi connectivity index (χ3n) is 5.19. The summed E-state index contributed by atoms with van der Waals surface area (Å²) in [6.07, 6.45) is 4.02. The minimum Gasteiger partial charge on any atom is -0.481 e. The number of nitrogens with two attached hydrogens (primary N) is 1. The van der Waals surface area contributed by atoms with Crippen LogP contribution < -0.4 is 27.0 Å². The number of rotatable bonds is 16. The zero-order valence-corrected chi connectivity index (χ0v) is 19.6. The second-order valence-electron chi connectivity index (χ2n) is 7.83. The van der Waals surface area contributed by atoms with Gasteiger partial charge in [-0.05, 0) is 63.6 Å². The first kappa shape index (κ1) is 28.7. The van der Waals surface area contributed by atoms with E-state index in [2.05, 4.69) is 21.3 Å². The molecule has 4 unspecified atom stereocenters. The lowest BCUT2D eigenvalue weighted by Gasteiger charge is -2.24. The van der Waals surface area contributed by atoms with E-state index in [4.69, 9.17) is 5.73 Å². The van der Waals surface area contributed by atoms with E-state index >= 15 is 0 Å². The van der Waals surface area contributed by atoms with Crippen LogP contribution in [0, 0.1) is 0 Å². The van der Waals surface area contributed by atoms with Crippen molar-refractivity contribution < 1.29 is 34.2 Å². The Kier molecular flexibility index (Phi) is 13.4. The van der Waals surface area contributed by atoms with Crippen molar-refractivity contribution in [1.82, 2.24) is 21.3 Å². The summed E-state index contributed by atoms with van der Waals surface area (Å²) >= 11 is 1.47. The van der Waals surface area contributed by atoms with E-state index < -0.39 is 54.3 Å². The van der Waals surface area contributed by atoms with Crippen LogP contribution in [0.3, 0.4) is 0 Å². The van der Waals surface area contributed by atoms with Gasteiger partial charge in [0.15, 0.2) is 0 Å². The van der Waals surface area contributed by atoms with Crippen molar-refractivity contribution in [2.75, 3.05) is 25.1 Å². The molecule has 4 atom stereocenters. The van der Waals surface area contributed by atoms with Gasteiger partial charge in [-0.2, -0.15) is 11.8 Å². The number of unbranched alkanes of at least 4 members (excludes halogenated alkanes) is 1. The van der Waals surface area contributed by atoms with Crippen LogP contribution in [-0.2, 0) is 24.0 Å². The lowest BCUT2D eigenvalue weighted by Crippen LogP contribution is -2.57. The van der Waals surface area contributed by atoms with Crippen molar-refractivity contribution in [2.45, 2.75) is 69.1 Å². The van der Waals surface area contributed by atoms with Gasteiger partial charge in [0.1, 0.15) is 18.1 Å². The van der Waals surface area contributed by atoms with Gasteiger partial charge in [0.2, 0.25) is 17.7 Å². The fourth-order valence-corrected chi connectivity index (χ4v) is 3.84. The fourth-order valence-electron chi connectivity index (χ4n) is 3.36. The first-order valence-corrected chi connectivity index (χ1v) is 12.4. The second-order valence-corrected chi connectivity index (χ2v) is 8.82. The molecule has 0 aromatic heterocycles. The van der Waals surface area contributed by atoms with Crippen LogP contribution in [0.15, 0.2) is 0 Å². The molecule has 0 radical (unpaired) electrons. The average molecular weight is 490 g/mol. The summed E-state index contributed by atoms with van der Waals surface area (Å²) in [5.41, 5.74) is 5.40. The Bertz CT molecular complexity index is 688. The van der Waals surface area contributed by atoms with Crippen LogP contribution in [0.5, 0.6) is 0 Å². The van der Waals surface area contributed by atoms with Gasteiger partial charge in [-0.25, -0.2) is 4.79 Å². The standard InChI is InChI=1S/C20H35N5O7S/c1-33-10-7-13(23-17(28)12-6-4-9-22-12)18(29)25-15(11-16(26)27)19(30)24-14(20(31)32)5-2-3-8-21/h12-15,22H,2-11,21H2,1H3,(H,23,28)(H,24,30)(H,25,29)(H,26,27)(H,31,32). The minimum atomic E-state index is -1.50. The Hall–Kier alpha value is -2.38. The highest BCUT2D eigenvalue weighted by Crippen LogP contribution is 2.08. The van der Waals surface area contributed by atoms with Gasteiger partial charge in [0.25, 0.3) is 0 Å². The van der Waals surface area contributed by atoms with Gasteiger partial charge in [-0.3, -0.25) is 19.2 Å². The van der Waals surface area contributed by atoms with Crippen molar-refractivity contribution in [3.63, 3.8) is 0 Å². The molecule has 3 amide bonds. The molecule has 1 fully saturated rings. The van der Waals surface area contributed by atoms with E-state index in [-0.39, 0.29) is 18.7 Å². The Balaban J connectivity index is 2.86. The number of carbonyl (C=O) groups is 5. The molecule has 33 heavy (non-hydrogen) atoms. The van der Waals surface area contributed by atoms with Crippen LogP contribution >= 0.6 is 11.8 Å². The quantitative estimate of drug-likeness (QED) is 0.127. The maximum atomic E-state index is 12.9. The number of aliphatic carboxylic acids is 2. The van der Waals surface area contributed by atoms with E-state index in [1.807, 2.05) is 6.26 Å². The minimum absolute atomic E-state index is 0.118. The first-order chi connectivity index (χ1) is 15.7. The summed E-state index contributed by atoms with van der Waals surface area (Å²) in [7, 11) is 0. The zero-order chi connectivity index (χ0) is 24.8. The van der Waals surface area contributed by atoms with Gasteiger partial charge < -0.3 is 37.2 Å². The predicted molar refractivity (Wildman–Crippen MR) is 123 cm³/mol. The Morgan fingerprint density at radius 3 is 2.21 bits per heavy atom. The van der Waals surface area contributed by atoms with E-state index in [9.17, 15) is 34.2 Å². The topological polar surface area (TPSA) is 200 Å². The largest absolute Gasteiger partial charge is 0.481 e. The number of carboxylic acid groups (broad SMARTS) is 2. The van der Waals surface area contributed by atoms with E-state index in [1.165, 1.54) is 11.8 Å². The molecular weight excluding hydrogens is 454 g/mol. The number of thioether (sulfide) groups is 1. The van der Waals surface area contributed by atoms with Crippen LogP contribution in [0.1, 0.15) is 44.9 Å². The Labute approximate surface area is 197 Å². The summed E-state index contributed by atoms with van der Waals surface area (Å²) in [5, 5.41) is 28.9. The van der Waals surface area contributed by atoms with Crippen molar-refractivity contribution >= 4 is 41.4 Å². The Morgan fingerprint density at radius 2 is 1.67 bits per heavy atom. The highest BCUT2D eigenvalue weighted by atomic mass is 32.2. The van der Waals surface area contributed by atoms with E-state index in [1.54, 1.807) is 0 Å². The van der Waals surface area contributed by atoms with Crippen LogP contribution in [0.4, 0.5) is 0 Å². The van der Waals surface area contributed by atoms with Gasteiger partial charge in [-0.1, -0.05) is 0 Å². The summed E-state index contributed by atoms with van der Waals surface area (Å²) in [6, 6.07) is -4.10. The molecule has 8 N–H and O–H groups in total. The third kappa shape index (κ3) is 10.9. The van der Waals surface area contributed by atoms with Crippen molar-refractivity contribution in [3.8, 4) is 0 Å². The smallest absolute Gasteiger partial charge is 0.326 e. The first-order valence-electron chi connectivity index (χ1n) is 11.0. The monoisotopic (exact) mass is 489 g/mol. The second kappa shape index (κ2) is 15.5. The third-order valence-corrected chi connectivity index (χ3v) is 5.84. The lowest BCUT2D eigenvalue weighted by atomic mass is 10.1. The molecule has 1 aliphatic rings. The van der Waals surface area contributed by atoms with Gasteiger partial charge in [-0.15, -0.1) is 0 Å². The van der Waals surface area contributed by atoms with Gasteiger partial charge >= 0.3 is 11.9 Å². The predicted octanol–water partition coefficient (Wildman–Crippen LogP) is -1.37. The fraction of sp³-hybridized carbons (Fsp3) is 0.750. The van der Waals surface area contributed by atoms with Crippen molar-refractivity contribution in [3.05, 3.63) is 0 Å². The number of nitrogens with one attached hydrogen (secondary N) is 4. The average Bonchev–Trinajstić information content (AvgIpc) is 3.30. The molecule has 0 aromatic carbocycles. The molecule has 13 heteroatoms. The molecule has 0 aliphatic carbocycles. The van der Waals surface area contributed by atoms with E-state index in [0.29, 0.717) is 38.1 Å². The molecular formula is C20H35N5O7S. The highest BCUT2D eigenvalue weighted by molar-refractivity contribution is 7.98. The molecule has 1 heterocycles. The molecule has 0 bridgehead atoms. The normalized spacial score (nSPS) is 18.1. The molecule has 0 saturated carbocycles. The highest BCUT2D eigenvalue weighted by Gasteiger charge is 2.32. The maximum Gasteiger partial charge on any atom is 0.326 e. The van der Waals surface area contributed by atoms with Crippen molar-refractivity contribution in [1.29, 1.82) is 0 Å². The molecule has 0 aromatic rings.